The number of ether oxygens (including phenoxy) is 2. The highest BCUT2D eigenvalue weighted by Crippen LogP contribution is 2.14. The van der Waals surface area contributed by atoms with E-state index in [1.165, 1.54) is 11.1 Å². The molecule has 13 heavy (non-hydrogen) atoms. The van der Waals surface area contributed by atoms with Crippen molar-refractivity contribution in [2.45, 2.75) is 33.5 Å². The average molecular weight is 182 g/mol. The lowest BCUT2D eigenvalue weighted by Crippen LogP contribution is -2.21. The molecule has 0 N–H and O–H groups in total. The molecule has 0 aromatic carbocycles. The lowest BCUT2D eigenvalue weighted by Gasteiger charge is -2.21. The van der Waals surface area contributed by atoms with E-state index < -0.39 is 0 Å². The van der Waals surface area contributed by atoms with Crippen molar-refractivity contribution in [3.8, 4) is 0 Å². The van der Waals surface area contributed by atoms with Crippen LogP contribution in [0.2, 0.25) is 0 Å². The van der Waals surface area contributed by atoms with E-state index in [-0.39, 0.29) is 6.29 Å². The van der Waals surface area contributed by atoms with Crippen LogP contribution >= 0.6 is 0 Å². The molecule has 2 heteroatoms. The fourth-order valence-electron chi connectivity index (χ4n) is 1.13. The van der Waals surface area contributed by atoms with Crippen molar-refractivity contribution in [2.75, 3.05) is 13.2 Å². The Hall–Kier alpha value is -0.600. The summed E-state index contributed by atoms with van der Waals surface area (Å²) in [5.74, 6) is 0. The van der Waals surface area contributed by atoms with Crippen LogP contribution in [0.25, 0.3) is 0 Å². The fourth-order valence-corrected chi connectivity index (χ4v) is 1.13. The average Bonchev–Trinajstić information content (AvgIpc) is 2.03. The Morgan fingerprint density at radius 2 is 2.46 bits per heavy atom. The van der Waals surface area contributed by atoms with Gasteiger partial charge in [-0.1, -0.05) is 23.3 Å². The molecule has 2 nitrogen and oxygen atoms in total. The third-order valence-electron chi connectivity index (χ3n) is 1.98. The Balaban J connectivity index is 2.23. The van der Waals surface area contributed by atoms with Gasteiger partial charge in [-0.2, -0.15) is 0 Å². The maximum atomic E-state index is 5.52. The summed E-state index contributed by atoms with van der Waals surface area (Å²) in [5.41, 5.74) is 2.64. The zero-order valence-electron chi connectivity index (χ0n) is 8.67. The summed E-state index contributed by atoms with van der Waals surface area (Å²) >= 11 is 0. The summed E-state index contributed by atoms with van der Waals surface area (Å²) in [7, 11) is 0. The molecule has 0 aromatic heterocycles. The van der Waals surface area contributed by atoms with Gasteiger partial charge in [0.25, 0.3) is 0 Å². The molecule has 1 rings (SSSR count). The molecule has 0 aromatic rings. The Morgan fingerprint density at radius 3 is 3.08 bits per heavy atom. The number of hydrogen-bond donors (Lipinski definition) is 0. The molecule has 74 valence electrons. The Morgan fingerprint density at radius 1 is 1.69 bits per heavy atom. The maximum Gasteiger partial charge on any atom is 0.162 e. The second-order valence-electron chi connectivity index (χ2n) is 3.63. The molecule has 1 aliphatic heterocycles. The monoisotopic (exact) mass is 182 g/mol. The maximum absolute atomic E-state index is 5.52. The SMILES string of the molecule is CC(C)=CCOC1CC(C)=CCO1. The third-order valence-corrected chi connectivity index (χ3v) is 1.98. The lowest BCUT2D eigenvalue weighted by atomic mass is 10.2. The van der Waals surface area contributed by atoms with Crippen molar-refractivity contribution in [1.82, 2.24) is 0 Å². The largest absolute Gasteiger partial charge is 0.348 e. The summed E-state index contributed by atoms with van der Waals surface area (Å²) in [5, 5.41) is 0. The van der Waals surface area contributed by atoms with E-state index in [0.29, 0.717) is 13.2 Å². The van der Waals surface area contributed by atoms with Crippen molar-refractivity contribution >= 4 is 0 Å². The van der Waals surface area contributed by atoms with Gasteiger partial charge >= 0.3 is 0 Å². The van der Waals surface area contributed by atoms with Gasteiger partial charge in [-0.3, -0.25) is 0 Å². The lowest BCUT2D eigenvalue weighted by molar-refractivity contribution is -0.131. The molecular formula is C11H18O2. The molecule has 0 spiro atoms. The van der Waals surface area contributed by atoms with Gasteiger partial charge in [0.2, 0.25) is 0 Å². The topological polar surface area (TPSA) is 18.5 Å². The molecule has 0 amide bonds. The van der Waals surface area contributed by atoms with E-state index in [9.17, 15) is 0 Å². The quantitative estimate of drug-likeness (QED) is 0.625. The predicted molar refractivity (Wildman–Crippen MR) is 53.5 cm³/mol. The Bertz CT molecular complexity index is 212. The van der Waals surface area contributed by atoms with Gasteiger partial charge in [0.1, 0.15) is 0 Å². The van der Waals surface area contributed by atoms with Crippen LogP contribution in [-0.2, 0) is 9.47 Å². The molecule has 0 bridgehead atoms. The molecule has 0 fully saturated rings. The second-order valence-corrected chi connectivity index (χ2v) is 3.63. The standard InChI is InChI=1S/C11H18O2/c1-9(2)4-6-12-11-8-10(3)5-7-13-11/h4-5,11H,6-8H2,1-3H3. The highest BCUT2D eigenvalue weighted by molar-refractivity contribution is 5.01. The smallest absolute Gasteiger partial charge is 0.162 e. The Labute approximate surface area is 80.2 Å². The van der Waals surface area contributed by atoms with Gasteiger partial charge in [-0.25, -0.2) is 0 Å². The van der Waals surface area contributed by atoms with Crippen molar-refractivity contribution in [3.63, 3.8) is 0 Å². The van der Waals surface area contributed by atoms with Crippen LogP contribution in [0.4, 0.5) is 0 Å². The van der Waals surface area contributed by atoms with Crippen LogP contribution in [0, 0.1) is 0 Å². The highest BCUT2D eigenvalue weighted by atomic mass is 16.7. The molecule has 1 unspecified atom stereocenters. The van der Waals surface area contributed by atoms with Crippen molar-refractivity contribution in [3.05, 3.63) is 23.3 Å². The number of hydrogen-bond acceptors (Lipinski definition) is 2. The molecule has 1 atom stereocenters. The minimum absolute atomic E-state index is 0.0411. The first-order valence-corrected chi connectivity index (χ1v) is 4.70. The van der Waals surface area contributed by atoms with Gasteiger partial charge in [0.15, 0.2) is 6.29 Å². The van der Waals surface area contributed by atoms with Crippen LogP contribution in [0.1, 0.15) is 27.2 Å². The van der Waals surface area contributed by atoms with Crippen LogP contribution in [0.3, 0.4) is 0 Å². The van der Waals surface area contributed by atoms with Crippen LogP contribution in [0.5, 0.6) is 0 Å². The van der Waals surface area contributed by atoms with Crippen molar-refractivity contribution < 1.29 is 9.47 Å². The van der Waals surface area contributed by atoms with Gasteiger partial charge < -0.3 is 9.47 Å². The van der Waals surface area contributed by atoms with Gasteiger partial charge in [0, 0.05) is 6.42 Å². The van der Waals surface area contributed by atoms with Gasteiger partial charge in [-0.05, 0) is 20.8 Å². The first-order chi connectivity index (χ1) is 6.18. The van der Waals surface area contributed by atoms with Gasteiger partial charge in [-0.15, -0.1) is 0 Å². The van der Waals surface area contributed by atoms with E-state index in [4.69, 9.17) is 9.47 Å². The molecule has 0 aliphatic carbocycles. The van der Waals surface area contributed by atoms with Crippen LogP contribution in [0.15, 0.2) is 23.3 Å². The summed E-state index contributed by atoms with van der Waals surface area (Å²) < 4.78 is 10.9. The van der Waals surface area contributed by atoms with E-state index in [1.807, 2.05) is 0 Å². The molecule has 0 saturated heterocycles. The van der Waals surface area contributed by atoms with Crippen LogP contribution in [-0.4, -0.2) is 19.5 Å². The zero-order valence-corrected chi connectivity index (χ0v) is 8.67. The zero-order chi connectivity index (χ0) is 9.68. The number of allylic oxidation sites excluding steroid dienone is 1. The normalized spacial score (nSPS) is 22.4. The minimum Gasteiger partial charge on any atom is -0.348 e. The summed E-state index contributed by atoms with van der Waals surface area (Å²) in [4.78, 5) is 0. The van der Waals surface area contributed by atoms with Gasteiger partial charge in [0.05, 0.1) is 13.2 Å². The minimum atomic E-state index is -0.0411. The molecule has 1 heterocycles. The van der Waals surface area contributed by atoms with E-state index in [0.717, 1.165) is 6.42 Å². The van der Waals surface area contributed by atoms with E-state index in [2.05, 4.69) is 32.9 Å². The van der Waals surface area contributed by atoms with Crippen molar-refractivity contribution in [2.24, 2.45) is 0 Å². The fraction of sp³-hybridized carbons (Fsp3) is 0.636. The summed E-state index contributed by atoms with van der Waals surface area (Å²) in [6.07, 6.45) is 5.02. The predicted octanol–water partition coefficient (Wildman–Crippen LogP) is 2.66. The molecule has 1 aliphatic rings. The Kier molecular flexibility index (Phi) is 4.19. The molecular weight excluding hydrogens is 164 g/mol. The second kappa shape index (κ2) is 5.20. The van der Waals surface area contributed by atoms with Crippen molar-refractivity contribution in [1.29, 1.82) is 0 Å². The summed E-state index contributed by atoms with van der Waals surface area (Å²) in [6, 6.07) is 0. The summed E-state index contributed by atoms with van der Waals surface area (Å²) in [6.45, 7) is 7.58. The number of rotatable bonds is 3. The molecule has 0 radical (unpaired) electrons. The first kappa shape index (κ1) is 10.5. The first-order valence-electron chi connectivity index (χ1n) is 4.70. The highest BCUT2D eigenvalue weighted by Gasteiger charge is 2.12. The van der Waals surface area contributed by atoms with E-state index in [1.54, 1.807) is 0 Å². The van der Waals surface area contributed by atoms with E-state index >= 15 is 0 Å². The van der Waals surface area contributed by atoms with Crippen LogP contribution < -0.4 is 0 Å². The molecule has 0 saturated carbocycles. The third kappa shape index (κ3) is 4.25.